The van der Waals surface area contributed by atoms with Gasteiger partial charge in [0.1, 0.15) is 11.6 Å². The summed E-state index contributed by atoms with van der Waals surface area (Å²) < 4.78 is 31.7. The molecule has 0 heterocycles. The van der Waals surface area contributed by atoms with Gasteiger partial charge in [0.2, 0.25) is 0 Å². The van der Waals surface area contributed by atoms with Crippen LogP contribution < -0.4 is 4.74 Å². The van der Waals surface area contributed by atoms with E-state index in [0.29, 0.717) is 0 Å². The minimum absolute atomic E-state index is 0.0310. The molecule has 0 radical (unpaired) electrons. The number of ether oxygens (including phenoxy) is 1. The molecular weight excluding hydrogens is 214 g/mol. The second-order valence-corrected chi connectivity index (χ2v) is 3.92. The van der Waals surface area contributed by atoms with E-state index in [1.54, 1.807) is 13.8 Å². The summed E-state index contributed by atoms with van der Waals surface area (Å²) >= 11 is 0. The van der Waals surface area contributed by atoms with Crippen molar-refractivity contribution in [2.24, 2.45) is 0 Å². The first kappa shape index (κ1) is 12.6. The first-order valence-electron chi connectivity index (χ1n) is 5.04. The quantitative estimate of drug-likeness (QED) is 0.792. The molecule has 0 aliphatic carbocycles. The molecule has 0 bridgehead atoms. The van der Waals surface area contributed by atoms with Crippen molar-refractivity contribution in [2.75, 3.05) is 0 Å². The zero-order chi connectivity index (χ0) is 12.3. The molecule has 16 heavy (non-hydrogen) atoms. The Balaban J connectivity index is 3.15. The van der Waals surface area contributed by atoms with Crippen molar-refractivity contribution in [1.29, 1.82) is 0 Å². The molecule has 1 aromatic carbocycles. The SMILES string of the molecule is CC(=O)Cc1cc(F)cc(F)c1OC(C)C. The monoisotopic (exact) mass is 228 g/mol. The molecule has 0 aliphatic rings. The topological polar surface area (TPSA) is 26.3 Å². The minimum Gasteiger partial charge on any atom is -0.488 e. The van der Waals surface area contributed by atoms with Crippen molar-refractivity contribution in [2.45, 2.75) is 33.3 Å². The summed E-state index contributed by atoms with van der Waals surface area (Å²) in [5.74, 6) is -1.68. The van der Waals surface area contributed by atoms with E-state index in [1.807, 2.05) is 0 Å². The Labute approximate surface area is 93.2 Å². The van der Waals surface area contributed by atoms with Gasteiger partial charge in [-0.3, -0.25) is 4.79 Å². The smallest absolute Gasteiger partial charge is 0.168 e. The average molecular weight is 228 g/mol. The molecule has 1 rings (SSSR count). The van der Waals surface area contributed by atoms with Crippen LogP contribution in [0.15, 0.2) is 12.1 Å². The molecule has 2 nitrogen and oxygen atoms in total. The summed E-state index contributed by atoms with van der Waals surface area (Å²) in [5, 5.41) is 0. The van der Waals surface area contributed by atoms with E-state index in [-0.39, 0.29) is 29.6 Å². The summed E-state index contributed by atoms with van der Waals surface area (Å²) in [6.45, 7) is 4.84. The van der Waals surface area contributed by atoms with E-state index < -0.39 is 11.6 Å². The number of carbonyl (C=O) groups is 1. The molecule has 88 valence electrons. The number of hydrogen-bond acceptors (Lipinski definition) is 2. The van der Waals surface area contributed by atoms with Crippen molar-refractivity contribution in [3.8, 4) is 5.75 Å². The molecule has 0 N–H and O–H groups in total. The summed E-state index contributed by atoms with van der Waals surface area (Å²) in [4.78, 5) is 11.0. The zero-order valence-corrected chi connectivity index (χ0v) is 9.51. The van der Waals surface area contributed by atoms with Crippen LogP contribution in [-0.4, -0.2) is 11.9 Å². The van der Waals surface area contributed by atoms with Crippen LogP contribution in [0.25, 0.3) is 0 Å². The van der Waals surface area contributed by atoms with Crippen LogP contribution >= 0.6 is 0 Å². The van der Waals surface area contributed by atoms with Gasteiger partial charge in [0.05, 0.1) is 6.10 Å². The molecule has 0 amide bonds. The molecule has 0 fully saturated rings. The Morgan fingerprint density at radius 2 is 2.00 bits per heavy atom. The molecule has 0 atom stereocenters. The van der Waals surface area contributed by atoms with Crippen LogP contribution in [0.2, 0.25) is 0 Å². The molecule has 0 aromatic heterocycles. The fourth-order valence-electron chi connectivity index (χ4n) is 1.38. The Bertz CT molecular complexity index is 400. The molecule has 1 aromatic rings. The van der Waals surface area contributed by atoms with E-state index in [9.17, 15) is 13.6 Å². The lowest BCUT2D eigenvalue weighted by atomic mass is 10.1. The zero-order valence-electron chi connectivity index (χ0n) is 9.51. The number of benzene rings is 1. The number of hydrogen-bond donors (Lipinski definition) is 0. The third-order valence-electron chi connectivity index (χ3n) is 1.88. The first-order chi connectivity index (χ1) is 7.40. The van der Waals surface area contributed by atoms with Gasteiger partial charge in [-0.2, -0.15) is 0 Å². The summed E-state index contributed by atoms with van der Waals surface area (Å²) in [7, 11) is 0. The lowest BCUT2D eigenvalue weighted by molar-refractivity contribution is -0.116. The highest BCUT2D eigenvalue weighted by atomic mass is 19.1. The molecule has 0 spiro atoms. The fourth-order valence-corrected chi connectivity index (χ4v) is 1.38. The number of ketones is 1. The van der Waals surface area contributed by atoms with Gasteiger partial charge in [-0.05, 0) is 26.8 Å². The van der Waals surface area contributed by atoms with E-state index in [4.69, 9.17) is 4.74 Å². The maximum absolute atomic E-state index is 13.4. The van der Waals surface area contributed by atoms with Crippen LogP contribution in [0.3, 0.4) is 0 Å². The Kier molecular flexibility index (Phi) is 3.99. The Morgan fingerprint density at radius 1 is 1.38 bits per heavy atom. The highest BCUT2D eigenvalue weighted by Gasteiger charge is 2.15. The van der Waals surface area contributed by atoms with Crippen LogP contribution in [0.5, 0.6) is 5.75 Å². The van der Waals surface area contributed by atoms with Gasteiger partial charge >= 0.3 is 0 Å². The minimum atomic E-state index is -0.773. The third kappa shape index (κ3) is 3.29. The number of rotatable bonds is 4. The van der Waals surface area contributed by atoms with E-state index in [0.717, 1.165) is 12.1 Å². The lowest BCUT2D eigenvalue weighted by Gasteiger charge is -2.14. The Morgan fingerprint density at radius 3 is 2.50 bits per heavy atom. The highest BCUT2D eigenvalue weighted by molar-refractivity contribution is 5.79. The predicted octanol–water partition coefficient (Wildman–Crippen LogP) is 2.88. The normalized spacial score (nSPS) is 10.6. The van der Waals surface area contributed by atoms with Gasteiger partial charge in [-0.15, -0.1) is 0 Å². The van der Waals surface area contributed by atoms with E-state index >= 15 is 0 Å². The fraction of sp³-hybridized carbons (Fsp3) is 0.417. The molecule has 0 saturated carbocycles. The van der Waals surface area contributed by atoms with Crippen molar-refractivity contribution in [1.82, 2.24) is 0 Å². The van der Waals surface area contributed by atoms with Gasteiger partial charge < -0.3 is 4.74 Å². The van der Waals surface area contributed by atoms with E-state index in [1.165, 1.54) is 6.92 Å². The van der Waals surface area contributed by atoms with Gasteiger partial charge in [0.15, 0.2) is 11.6 Å². The van der Waals surface area contributed by atoms with E-state index in [2.05, 4.69) is 0 Å². The van der Waals surface area contributed by atoms with Crippen LogP contribution in [0, 0.1) is 11.6 Å². The summed E-state index contributed by atoms with van der Waals surface area (Å²) in [6.07, 6.45) is -0.262. The van der Waals surface area contributed by atoms with Gasteiger partial charge in [0, 0.05) is 18.1 Å². The molecule has 4 heteroatoms. The largest absolute Gasteiger partial charge is 0.488 e. The Hall–Kier alpha value is -1.45. The van der Waals surface area contributed by atoms with Crippen LogP contribution in [0.1, 0.15) is 26.3 Å². The van der Waals surface area contributed by atoms with Gasteiger partial charge in [0.25, 0.3) is 0 Å². The predicted molar refractivity (Wildman–Crippen MR) is 56.5 cm³/mol. The summed E-state index contributed by atoms with van der Waals surface area (Å²) in [6, 6.07) is 1.88. The van der Waals surface area contributed by atoms with Crippen molar-refractivity contribution < 1.29 is 18.3 Å². The maximum atomic E-state index is 13.4. The highest BCUT2D eigenvalue weighted by Crippen LogP contribution is 2.26. The number of carbonyl (C=O) groups excluding carboxylic acids is 1. The van der Waals surface area contributed by atoms with Gasteiger partial charge in [-0.1, -0.05) is 0 Å². The molecule has 0 saturated heterocycles. The van der Waals surface area contributed by atoms with Gasteiger partial charge in [-0.25, -0.2) is 8.78 Å². The lowest BCUT2D eigenvalue weighted by Crippen LogP contribution is -2.11. The number of halogens is 2. The summed E-state index contributed by atoms with van der Waals surface area (Å²) in [5.41, 5.74) is 0.249. The van der Waals surface area contributed by atoms with Crippen molar-refractivity contribution >= 4 is 5.78 Å². The average Bonchev–Trinajstić information content (AvgIpc) is 2.09. The number of Topliss-reactive ketones (excluding diaryl/α,β-unsaturated/α-hetero) is 1. The van der Waals surface area contributed by atoms with Crippen LogP contribution in [0.4, 0.5) is 8.78 Å². The maximum Gasteiger partial charge on any atom is 0.168 e. The molecular formula is C12H14F2O2. The third-order valence-corrected chi connectivity index (χ3v) is 1.88. The molecule has 0 aliphatic heterocycles. The standard InChI is InChI=1S/C12H14F2O2/c1-7(2)16-12-9(4-8(3)15)5-10(13)6-11(12)14/h5-7H,4H2,1-3H3. The molecule has 0 unspecified atom stereocenters. The second kappa shape index (κ2) is 5.05. The van der Waals surface area contributed by atoms with Crippen LogP contribution in [-0.2, 0) is 11.2 Å². The first-order valence-corrected chi connectivity index (χ1v) is 5.04. The van der Waals surface area contributed by atoms with Crippen molar-refractivity contribution in [3.05, 3.63) is 29.3 Å². The van der Waals surface area contributed by atoms with Crippen molar-refractivity contribution in [3.63, 3.8) is 0 Å². The second-order valence-electron chi connectivity index (χ2n) is 3.92.